The number of rotatable bonds is 5. The third-order valence-electron chi connectivity index (χ3n) is 3.72. The molecule has 2 rings (SSSR count). The van der Waals surface area contributed by atoms with Crippen LogP contribution in [0.4, 0.5) is 0 Å². The summed E-state index contributed by atoms with van der Waals surface area (Å²) >= 11 is 0. The summed E-state index contributed by atoms with van der Waals surface area (Å²) in [6.45, 7) is 2.72. The van der Waals surface area contributed by atoms with Gasteiger partial charge in [-0.15, -0.1) is 5.10 Å². The lowest BCUT2D eigenvalue weighted by Crippen LogP contribution is -2.48. The summed E-state index contributed by atoms with van der Waals surface area (Å²) in [5.74, 6) is 0.212. The van der Waals surface area contributed by atoms with Gasteiger partial charge in [0.05, 0.1) is 25.0 Å². The highest BCUT2D eigenvalue weighted by Gasteiger charge is 2.27. The SMILES string of the molecule is Cc1ccc(O[C@H]2CCCN(C(=O)CN(C)S(C)(=O)=O)C2)nn1. The van der Waals surface area contributed by atoms with E-state index in [0.29, 0.717) is 19.0 Å². The number of ether oxygens (including phenoxy) is 1. The molecule has 8 nitrogen and oxygen atoms in total. The first-order valence-electron chi connectivity index (χ1n) is 7.42. The number of sulfonamides is 1. The fourth-order valence-electron chi connectivity index (χ4n) is 2.29. The summed E-state index contributed by atoms with van der Waals surface area (Å²) in [6, 6.07) is 3.57. The van der Waals surface area contributed by atoms with Crippen molar-refractivity contribution in [2.24, 2.45) is 0 Å². The molecule has 0 spiro atoms. The minimum absolute atomic E-state index is 0.157. The maximum atomic E-state index is 12.2. The molecule has 0 unspecified atom stereocenters. The molecule has 0 radical (unpaired) electrons. The summed E-state index contributed by atoms with van der Waals surface area (Å²) in [4.78, 5) is 13.9. The molecule has 0 saturated carbocycles. The van der Waals surface area contributed by atoms with Crippen molar-refractivity contribution >= 4 is 15.9 Å². The summed E-state index contributed by atoms with van der Waals surface area (Å²) in [5.41, 5.74) is 0.807. The molecule has 1 aliphatic heterocycles. The number of piperidine rings is 1. The van der Waals surface area contributed by atoms with E-state index in [1.807, 2.05) is 13.0 Å². The summed E-state index contributed by atoms with van der Waals surface area (Å²) in [5, 5.41) is 7.90. The van der Waals surface area contributed by atoms with Crippen molar-refractivity contribution in [2.45, 2.75) is 25.9 Å². The summed E-state index contributed by atoms with van der Waals surface area (Å²) in [7, 11) is -1.97. The molecule has 1 atom stereocenters. The van der Waals surface area contributed by atoms with Crippen LogP contribution in [-0.2, 0) is 14.8 Å². The molecule has 1 saturated heterocycles. The molecule has 128 valence electrons. The molecule has 1 aromatic rings. The van der Waals surface area contributed by atoms with Gasteiger partial charge in [0.1, 0.15) is 6.10 Å². The molecule has 9 heteroatoms. The molecular weight excluding hydrogens is 320 g/mol. The third kappa shape index (κ3) is 5.14. The third-order valence-corrected chi connectivity index (χ3v) is 4.98. The van der Waals surface area contributed by atoms with Gasteiger partial charge >= 0.3 is 0 Å². The zero-order valence-electron chi connectivity index (χ0n) is 13.6. The van der Waals surface area contributed by atoms with Gasteiger partial charge in [-0.3, -0.25) is 4.79 Å². The zero-order valence-corrected chi connectivity index (χ0v) is 14.4. The monoisotopic (exact) mass is 342 g/mol. The van der Waals surface area contributed by atoms with Crippen molar-refractivity contribution in [2.75, 3.05) is 32.9 Å². The second-order valence-electron chi connectivity index (χ2n) is 5.75. The Morgan fingerprint density at radius 1 is 1.43 bits per heavy atom. The molecule has 23 heavy (non-hydrogen) atoms. The number of amides is 1. The Balaban J connectivity index is 1.92. The molecule has 1 fully saturated rings. The van der Waals surface area contributed by atoms with E-state index < -0.39 is 10.0 Å². The largest absolute Gasteiger partial charge is 0.471 e. The zero-order chi connectivity index (χ0) is 17.0. The lowest BCUT2D eigenvalue weighted by molar-refractivity contribution is -0.133. The maximum absolute atomic E-state index is 12.2. The van der Waals surface area contributed by atoms with Crippen molar-refractivity contribution in [1.82, 2.24) is 19.4 Å². The van der Waals surface area contributed by atoms with Gasteiger partial charge in [-0.05, 0) is 25.8 Å². The number of likely N-dealkylation sites (N-methyl/N-ethyl adjacent to an activating group) is 1. The fraction of sp³-hybridized carbons (Fsp3) is 0.643. The van der Waals surface area contributed by atoms with Gasteiger partial charge in [-0.2, -0.15) is 9.40 Å². The van der Waals surface area contributed by atoms with E-state index in [0.717, 1.165) is 29.1 Å². The second kappa shape index (κ2) is 7.22. The van der Waals surface area contributed by atoms with Crippen LogP contribution in [0.5, 0.6) is 5.88 Å². The molecule has 0 bridgehead atoms. The van der Waals surface area contributed by atoms with Crippen molar-refractivity contribution in [3.05, 3.63) is 17.8 Å². The molecule has 0 aliphatic carbocycles. The van der Waals surface area contributed by atoms with Gasteiger partial charge in [-0.25, -0.2) is 8.42 Å². The normalized spacial score (nSPS) is 19.0. The lowest BCUT2D eigenvalue weighted by atomic mass is 10.1. The number of carbonyl (C=O) groups excluding carboxylic acids is 1. The minimum atomic E-state index is -3.37. The highest BCUT2D eigenvalue weighted by atomic mass is 32.2. The minimum Gasteiger partial charge on any atom is -0.471 e. The maximum Gasteiger partial charge on any atom is 0.238 e. The number of carbonyl (C=O) groups is 1. The molecule has 0 N–H and O–H groups in total. The number of nitrogens with zero attached hydrogens (tertiary/aromatic N) is 4. The van der Waals surface area contributed by atoms with E-state index in [4.69, 9.17) is 4.74 Å². The van der Waals surface area contributed by atoms with E-state index in [1.165, 1.54) is 7.05 Å². The van der Waals surface area contributed by atoms with Gasteiger partial charge in [0.15, 0.2) is 0 Å². The van der Waals surface area contributed by atoms with Crippen LogP contribution in [0.15, 0.2) is 12.1 Å². The van der Waals surface area contributed by atoms with Crippen LogP contribution in [0.1, 0.15) is 18.5 Å². The van der Waals surface area contributed by atoms with Crippen LogP contribution in [-0.4, -0.2) is 72.8 Å². The highest BCUT2D eigenvalue weighted by Crippen LogP contribution is 2.16. The second-order valence-corrected chi connectivity index (χ2v) is 7.84. The predicted octanol–water partition coefficient (Wildman–Crippen LogP) is 0.0462. The van der Waals surface area contributed by atoms with Crippen LogP contribution >= 0.6 is 0 Å². The number of aryl methyl sites for hydroxylation is 1. The molecule has 2 heterocycles. The molecule has 1 aliphatic rings. The van der Waals surface area contributed by atoms with Crippen molar-refractivity contribution in [1.29, 1.82) is 0 Å². The predicted molar refractivity (Wildman–Crippen MR) is 84.5 cm³/mol. The standard InChI is InChI=1S/C14H22N4O4S/c1-11-6-7-13(16-15-11)22-12-5-4-8-18(9-12)14(19)10-17(2)23(3,20)21/h6-7,12H,4-5,8-10H2,1-3H3/t12-/m0/s1. The number of aromatic nitrogens is 2. The van der Waals surface area contributed by atoms with Gasteiger partial charge < -0.3 is 9.64 Å². The fourth-order valence-corrected chi connectivity index (χ4v) is 2.63. The highest BCUT2D eigenvalue weighted by molar-refractivity contribution is 7.88. The van der Waals surface area contributed by atoms with Gasteiger partial charge in [0, 0.05) is 19.7 Å². The van der Waals surface area contributed by atoms with Crippen LogP contribution in [0.3, 0.4) is 0 Å². The van der Waals surface area contributed by atoms with Crippen molar-refractivity contribution in [3.8, 4) is 5.88 Å². The van der Waals surface area contributed by atoms with E-state index in [2.05, 4.69) is 10.2 Å². The lowest BCUT2D eigenvalue weighted by Gasteiger charge is -2.33. The first kappa shape index (κ1) is 17.6. The number of likely N-dealkylation sites (tertiary alicyclic amines) is 1. The Hall–Kier alpha value is -1.74. The Kier molecular flexibility index (Phi) is 5.53. The van der Waals surface area contributed by atoms with E-state index >= 15 is 0 Å². The number of hydrogen-bond acceptors (Lipinski definition) is 6. The van der Waals surface area contributed by atoms with Gasteiger partial charge in [0.2, 0.25) is 21.8 Å². The van der Waals surface area contributed by atoms with Crippen molar-refractivity contribution in [3.63, 3.8) is 0 Å². The molecule has 0 aromatic carbocycles. The first-order chi connectivity index (χ1) is 10.8. The number of hydrogen-bond donors (Lipinski definition) is 0. The Bertz CT molecular complexity index is 647. The molecule has 1 aromatic heterocycles. The van der Waals surface area contributed by atoms with Crippen LogP contribution in [0.25, 0.3) is 0 Å². The Labute approximate surface area is 136 Å². The van der Waals surface area contributed by atoms with Crippen LogP contribution in [0.2, 0.25) is 0 Å². The Morgan fingerprint density at radius 2 is 2.17 bits per heavy atom. The topological polar surface area (TPSA) is 92.7 Å². The van der Waals surface area contributed by atoms with E-state index in [1.54, 1.807) is 11.0 Å². The van der Waals surface area contributed by atoms with Gasteiger partial charge in [-0.1, -0.05) is 0 Å². The molecular formula is C14H22N4O4S. The average molecular weight is 342 g/mol. The summed E-state index contributed by atoms with van der Waals surface area (Å²) in [6.07, 6.45) is 2.55. The van der Waals surface area contributed by atoms with E-state index in [9.17, 15) is 13.2 Å². The van der Waals surface area contributed by atoms with Gasteiger partial charge in [0.25, 0.3) is 0 Å². The quantitative estimate of drug-likeness (QED) is 0.750. The van der Waals surface area contributed by atoms with E-state index in [-0.39, 0.29) is 18.6 Å². The summed E-state index contributed by atoms with van der Waals surface area (Å²) < 4.78 is 29.6. The first-order valence-corrected chi connectivity index (χ1v) is 9.26. The average Bonchev–Trinajstić information content (AvgIpc) is 2.49. The molecule has 1 amide bonds. The smallest absolute Gasteiger partial charge is 0.238 e. The van der Waals surface area contributed by atoms with Crippen LogP contribution < -0.4 is 4.74 Å². The van der Waals surface area contributed by atoms with Crippen molar-refractivity contribution < 1.29 is 17.9 Å². The van der Waals surface area contributed by atoms with Crippen LogP contribution in [0, 0.1) is 6.92 Å². The Morgan fingerprint density at radius 3 is 2.78 bits per heavy atom.